The van der Waals surface area contributed by atoms with Crippen LogP contribution >= 0.6 is 0 Å². The number of carbonyl (C=O) groups is 1. The van der Waals surface area contributed by atoms with Crippen LogP contribution in [0, 0.1) is 11.7 Å². The average Bonchev–Trinajstić information content (AvgIpc) is 2.59. The van der Waals surface area contributed by atoms with Gasteiger partial charge in [0.25, 0.3) is 5.56 Å². The molecule has 6 nitrogen and oxygen atoms in total. The molecule has 152 valence electrons. The van der Waals surface area contributed by atoms with Gasteiger partial charge in [-0.05, 0) is 29.5 Å². The molecule has 0 aliphatic heterocycles. The van der Waals surface area contributed by atoms with Crippen LogP contribution < -0.4 is 15.6 Å². The number of alkyl halides is 3. The maximum atomic E-state index is 14.0. The SMILES string of the molecule is CNc1nc(C(=O)C[C@@H](c2ccc(OC(F)(F)F)c(F)c2)C(C)C)cc(=O)[nH]1. The first-order valence-corrected chi connectivity index (χ1v) is 8.37. The largest absolute Gasteiger partial charge is 0.573 e. The van der Waals surface area contributed by atoms with E-state index < -0.39 is 35.2 Å². The van der Waals surface area contributed by atoms with Gasteiger partial charge in [0.2, 0.25) is 5.95 Å². The fourth-order valence-corrected chi connectivity index (χ4v) is 2.72. The van der Waals surface area contributed by atoms with Gasteiger partial charge >= 0.3 is 6.36 Å². The number of nitrogens with zero attached hydrogens (tertiary/aromatic N) is 1. The third kappa shape index (κ3) is 5.54. The number of aromatic nitrogens is 2. The van der Waals surface area contributed by atoms with Gasteiger partial charge in [-0.1, -0.05) is 19.9 Å². The lowest BCUT2D eigenvalue weighted by Gasteiger charge is -2.21. The molecule has 2 N–H and O–H groups in total. The second-order valence-corrected chi connectivity index (χ2v) is 6.44. The molecule has 1 aromatic carbocycles. The molecule has 0 fully saturated rings. The fourth-order valence-electron chi connectivity index (χ4n) is 2.72. The highest BCUT2D eigenvalue weighted by atomic mass is 19.4. The maximum absolute atomic E-state index is 14.0. The fraction of sp³-hybridized carbons (Fsp3) is 0.389. The van der Waals surface area contributed by atoms with E-state index >= 15 is 0 Å². The third-order valence-corrected chi connectivity index (χ3v) is 4.08. The monoisotopic (exact) mass is 401 g/mol. The Kier molecular flexibility index (Phi) is 6.42. The Hall–Kier alpha value is -2.91. The number of carbonyl (C=O) groups excluding carboxylic acids is 1. The summed E-state index contributed by atoms with van der Waals surface area (Å²) in [5.74, 6) is -3.08. The summed E-state index contributed by atoms with van der Waals surface area (Å²) >= 11 is 0. The van der Waals surface area contributed by atoms with Crippen LogP contribution in [0.25, 0.3) is 0 Å². The van der Waals surface area contributed by atoms with Gasteiger partial charge in [0.15, 0.2) is 17.3 Å². The first kappa shape index (κ1) is 21.4. The molecule has 0 spiro atoms. The van der Waals surface area contributed by atoms with Gasteiger partial charge < -0.3 is 10.1 Å². The van der Waals surface area contributed by atoms with E-state index in [1.807, 2.05) is 0 Å². The molecule has 1 heterocycles. The van der Waals surface area contributed by atoms with E-state index in [0.29, 0.717) is 5.56 Å². The number of rotatable bonds is 7. The van der Waals surface area contributed by atoms with E-state index in [4.69, 9.17) is 0 Å². The summed E-state index contributed by atoms with van der Waals surface area (Å²) in [6, 6.07) is 4.14. The highest BCUT2D eigenvalue weighted by Crippen LogP contribution is 2.33. The Morgan fingerprint density at radius 2 is 1.96 bits per heavy atom. The minimum atomic E-state index is -5.01. The molecule has 28 heavy (non-hydrogen) atoms. The van der Waals surface area contributed by atoms with Crippen LogP contribution in [-0.2, 0) is 0 Å². The van der Waals surface area contributed by atoms with E-state index in [2.05, 4.69) is 20.0 Å². The number of Topliss-reactive ketones (excluding diaryl/α,β-unsaturated/α-hetero) is 1. The van der Waals surface area contributed by atoms with Crippen LogP contribution in [0.1, 0.15) is 42.2 Å². The standard InChI is InChI=1S/C18H19F4N3O3/c1-9(2)11(7-14(26)13-8-16(27)25-17(23-3)24-13)10-4-5-15(12(19)6-10)28-18(20,21)22/h4-6,8-9,11H,7H2,1-3H3,(H2,23,24,25,27)/t11-/m1/s1. The zero-order chi connectivity index (χ0) is 21.1. The minimum absolute atomic E-state index is 0.0590. The maximum Gasteiger partial charge on any atom is 0.573 e. The molecule has 0 radical (unpaired) electrons. The molecule has 0 unspecified atom stereocenters. The van der Waals surface area contributed by atoms with Crippen LogP contribution in [0.5, 0.6) is 5.75 Å². The van der Waals surface area contributed by atoms with Crippen molar-refractivity contribution < 1.29 is 27.1 Å². The normalized spacial score (nSPS) is 12.7. The number of ether oxygens (including phenoxy) is 1. The van der Waals surface area contributed by atoms with Gasteiger partial charge in [-0.15, -0.1) is 13.2 Å². The van der Waals surface area contributed by atoms with Gasteiger partial charge in [-0.3, -0.25) is 14.6 Å². The Morgan fingerprint density at radius 1 is 1.29 bits per heavy atom. The molecule has 0 saturated carbocycles. The number of aromatic amines is 1. The molecular weight excluding hydrogens is 382 g/mol. The van der Waals surface area contributed by atoms with Crippen molar-refractivity contribution in [3.05, 3.63) is 51.7 Å². The van der Waals surface area contributed by atoms with Crippen LogP contribution in [-0.4, -0.2) is 29.2 Å². The Balaban J connectivity index is 2.29. The molecule has 1 atom stereocenters. The third-order valence-electron chi connectivity index (χ3n) is 4.08. The van der Waals surface area contributed by atoms with Crippen molar-refractivity contribution in [3.63, 3.8) is 0 Å². The molecule has 0 aliphatic carbocycles. The second kappa shape index (κ2) is 8.41. The van der Waals surface area contributed by atoms with Crippen molar-refractivity contribution in [2.45, 2.75) is 32.5 Å². The Bertz CT molecular complexity index is 910. The molecule has 2 rings (SSSR count). The lowest BCUT2D eigenvalue weighted by molar-refractivity contribution is -0.275. The zero-order valence-corrected chi connectivity index (χ0v) is 15.4. The molecule has 1 aromatic heterocycles. The number of ketones is 1. The van der Waals surface area contributed by atoms with Crippen molar-refractivity contribution in [1.29, 1.82) is 0 Å². The van der Waals surface area contributed by atoms with E-state index in [9.17, 15) is 27.2 Å². The summed E-state index contributed by atoms with van der Waals surface area (Å²) in [6.07, 6.45) is -5.11. The predicted molar refractivity (Wildman–Crippen MR) is 94.0 cm³/mol. The first-order valence-electron chi connectivity index (χ1n) is 8.37. The molecule has 0 aliphatic rings. The van der Waals surface area contributed by atoms with Crippen molar-refractivity contribution in [2.24, 2.45) is 5.92 Å². The molecule has 0 saturated heterocycles. The average molecular weight is 401 g/mol. The summed E-state index contributed by atoms with van der Waals surface area (Å²) in [6.45, 7) is 3.58. The number of hydrogen-bond acceptors (Lipinski definition) is 5. The van der Waals surface area contributed by atoms with Gasteiger partial charge in [-0.25, -0.2) is 9.37 Å². The van der Waals surface area contributed by atoms with Crippen LogP contribution in [0.2, 0.25) is 0 Å². The number of nitrogens with one attached hydrogen (secondary N) is 2. The van der Waals surface area contributed by atoms with Crippen LogP contribution in [0.3, 0.4) is 0 Å². The van der Waals surface area contributed by atoms with Crippen molar-refractivity contribution in [2.75, 3.05) is 12.4 Å². The number of halogens is 4. The smallest absolute Gasteiger partial charge is 0.403 e. The summed E-state index contributed by atoms with van der Waals surface area (Å²) in [5.41, 5.74) is -0.228. The quantitative estimate of drug-likeness (QED) is 0.544. The number of hydrogen-bond donors (Lipinski definition) is 2. The Labute approximate surface area is 157 Å². The Morgan fingerprint density at radius 3 is 2.50 bits per heavy atom. The number of anilines is 1. The van der Waals surface area contributed by atoms with Crippen LogP contribution in [0.4, 0.5) is 23.5 Å². The molecule has 0 bridgehead atoms. The topological polar surface area (TPSA) is 84.1 Å². The highest BCUT2D eigenvalue weighted by molar-refractivity contribution is 5.94. The van der Waals surface area contributed by atoms with Crippen molar-refractivity contribution in [1.82, 2.24) is 9.97 Å². The first-order chi connectivity index (χ1) is 13.0. The van der Waals surface area contributed by atoms with E-state index in [1.165, 1.54) is 13.1 Å². The summed E-state index contributed by atoms with van der Waals surface area (Å²) in [7, 11) is 1.52. The molecule has 2 aromatic rings. The van der Waals surface area contributed by atoms with E-state index in [-0.39, 0.29) is 24.0 Å². The van der Waals surface area contributed by atoms with Crippen LogP contribution in [0.15, 0.2) is 29.1 Å². The second-order valence-electron chi connectivity index (χ2n) is 6.44. The summed E-state index contributed by atoms with van der Waals surface area (Å²) in [5, 5.41) is 2.63. The lowest BCUT2D eigenvalue weighted by Crippen LogP contribution is -2.19. The molecular formula is C18H19F4N3O3. The summed E-state index contributed by atoms with van der Waals surface area (Å²) in [4.78, 5) is 30.6. The van der Waals surface area contributed by atoms with Gasteiger partial charge in [0.1, 0.15) is 5.69 Å². The van der Waals surface area contributed by atoms with E-state index in [1.54, 1.807) is 13.8 Å². The summed E-state index contributed by atoms with van der Waals surface area (Å²) < 4.78 is 54.5. The number of H-pyrrole nitrogens is 1. The van der Waals surface area contributed by atoms with E-state index in [0.717, 1.165) is 18.2 Å². The highest BCUT2D eigenvalue weighted by Gasteiger charge is 2.32. The van der Waals surface area contributed by atoms with Gasteiger partial charge in [0, 0.05) is 19.5 Å². The zero-order valence-electron chi connectivity index (χ0n) is 15.4. The molecule has 10 heteroatoms. The van der Waals surface area contributed by atoms with Crippen molar-refractivity contribution >= 4 is 11.7 Å². The van der Waals surface area contributed by atoms with Gasteiger partial charge in [-0.2, -0.15) is 0 Å². The van der Waals surface area contributed by atoms with Gasteiger partial charge in [0.05, 0.1) is 0 Å². The number of benzene rings is 1. The minimum Gasteiger partial charge on any atom is -0.403 e. The lowest BCUT2D eigenvalue weighted by atomic mass is 9.84. The van der Waals surface area contributed by atoms with Crippen molar-refractivity contribution in [3.8, 4) is 5.75 Å². The molecule has 0 amide bonds. The predicted octanol–water partition coefficient (Wildman–Crippen LogP) is 3.86.